The summed E-state index contributed by atoms with van der Waals surface area (Å²) in [4.78, 5) is 0. The molecule has 0 spiro atoms. The minimum atomic E-state index is 0.0738. The molecule has 1 fully saturated rings. The highest BCUT2D eigenvalue weighted by Gasteiger charge is 2.18. The molecule has 4 rings (SSSR count). The summed E-state index contributed by atoms with van der Waals surface area (Å²) in [5.41, 5.74) is 2.16. The fourth-order valence-electron chi connectivity index (χ4n) is 2.80. The first-order valence-electron chi connectivity index (χ1n) is 7.46. The average molecular weight is 286 g/mol. The van der Waals surface area contributed by atoms with Crippen LogP contribution in [0.25, 0.3) is 11.1 Å². The van der Waals surface area contributed by atoms with Crippen LogP contribution in [0.15, 0.2) is 30.6 Å². The van der Waals surface area contributed by atoms with Gasteiger partial charge in [-0.2, -0.15) is 5.10 Å². The Morgan fingerprint density at radius 3 is 2.76 bits per heavy atom. The standard InChI is InChI=1S/C16H18N2O3/c1-2-6-21-16(3-1)18-11-13(10-17-18)12-4-5-14-15(9-12)20-8-7-19-14/h4-5,9-11,16H,1-3,6-8H2/t16-/m0/s1. The van der Waals surface area contributed by atoms with Crippen LogP contribution in [0.1, 0.15) is 25.5 Å². The van der Waals surface area contributed by atoms with Crippen molar-refractivity contribution in [2.24, 2.45) is 0 Å². The maximum absolute atomic E-state index is 5.76. The molecule has 0 aliphatic carbocycles. The molecule has 5 heteroatoms. The van der Waals surface area contributed by atoms with Crippen LogP contribution in [-0.2, 0) is 4.74 Å². The molecule has 2 aliphatic heterocycles. The van der Waals surface area contributed by atoms with E-state index in [0.29, 0.717) is 13.2 Å². The van der Waals surface area contributed by atoms with Gasteiger partial charge in [0.25, 0.3) is 0 Å². The fraction of sp³-hybridized carbons (Fsp3) is 0.438. The molecule has 1 aromatic carbocycles. The van der Waals surface area contributed by atoms with Gasteiger partial charge >= 0.3 is 0 Å². The number of benzene rings is 1. The van der Waals surface area contributed by atoms with Crippen molar-refractivity contribution in [1.82, 2.24) is 9.78 Å². The average Bonchev–Trinajstić information content (AvgIpc) is 3.05. The third kappa shape index (κ3) is 2.49. The number of hydrogen-bond acceptors (Lipinski definition) is 4. The molecule has 1 aromatic heterocycles. The van der Waals surface area contributed by atoms with Crippen molar-refractivity contribution in [3.8, 4) is 22.6 Å². The minimum absolute atomic E-state index is 0.0738. The van der Waals surface area contributed by atoms with E-state index in [0.717, 1.165) is 42.1 Å². The summed E-state index contributed by atoms with van der Waals surface area (Å²) in [7, 11) is 0. The van der Waals surface area contributed by atoms with Crippen molar-refractivity contribution in [3.05, 3.63) is 30.6 Å². The van der Waals surface area contributed by atoms with E-state index in [4.69, 9.17) is 14.2 Å². The van der Waals surface area contributed by atoms with Gasteiger partial charge in [-0.15, -0.1) is 0 Å². The Bertz CT molecular complexity index is 632. The Labute approximate surface area is 123 Å². The van der Waals surface area contributed by atoms with Gasteiger partial charge in [0.2, 0.25) is 0 Å². The van der Waals surface area contributed by atoms with Crippen LogP contribution in [0.4, 0.5) is 0 Å². The molecule has 0 saturated carbocycles. The topological polar surface area (TPSA) is 45.5 Å². The van der Waals surface area contributed by atoms with E-state index in [2.05, 4.69) is 5.10 Å². The predicted octanol–water partition coefficient (Wildman–Crippen LogP) is 3.02. The fourth-order valence-corrected chi connectivity index (χ4v) is 2.80. The van der Waals surface area contributed by atoms with Gasteiger partial charge in [0, 0.05) is 18.4 Å². The third-order valence-corrected chi connectivity index (χ3v) is 3.93. The number of hydrogen-bond donors (Lipinski definition) is 0. The lowest BCUT2D eigenvalue weighted by molar-refractivity contribution is -0.0394. The first-order valence-corrected chi connectivity index (χ1v) is 7.46. The largest absolute Gasteiger partial charge is 0.486 e. The maximum atomic E-state index is 5.76. The van der Waals surface area contributed by atoms with Crippen LogP contribution in [0, 0.1) is 0 Å². The summed E-state index contributed by atoms with van der Waals surface area (Å²) in [6, 6.07) is 6.01. The Morgan fingerprint density at radius 1 is 1.00 bits per heavy atom. The molecular weight excluding hydrogens is 268 g/mol. The van der Waals surface area contributed by atoms with Crippen LogP contribution in [0.5, 0.6) is 11.5 Å². The summed E-state index contributed by atoms with van der Waals surface area (Å²) in [5.74, 6) is 1.62. The number of fused-ring (bicyclic) bond motifs is 1. The highest BCUT2D eigenvalue weighted by Crippen LogP contribution is 2.34. The molecule has 1 saturated heterocycles. The van der Waals surface area contributed by atoms with Gasteiger partial charge in [0.05, 0.1) is 6.20 Å². The van der Waals surface area contributed by atoms with Crippen molar-refractivity contribution in [2.45, 2.75) is 25.5 Å². The van der Waals surface area contributed by atoms with Gasteiger partial charge in [0.1, 0.15) is 19.4 Å². The zero-order valence-electron chi connectivity index (χ0n) is 11.8. The minimum Gasteiger partial charge on any atom is -0.486 e. The summed E-state index contributed by atoms with van der Waals surface area (Å²) in [5, 5.41) is 4.45. The maximum Gasteiger partial charge on any atom is 0.161 e. The summed E-state index contributed by atoms with van der Waals surface area (Å²) in [6.07, 6.45) is 7.37. The van der Waals surface area contributed by atoms with Crippen LogP contribution in [-0.4, -0.2) is 29.6 Å². The lowest BCUT2D eigenvalue weighted by atomic mass is 10.1. The second-order valence-electron chi connectivity index (χ2n) is 5.39. The van der Waals surface area contributed by atoms with E-state index in [1.54, 1.807) is 0 Å². The Morgan fingerprint density at radius 2 is 1.90 bits per heavy atom. The molecule has 0 bridgehead atoms. The molecule has 2 aliphatic rings. The lowest BCUT2D eigenvalue weighted by Gasteiger charge is -2.22. The Kier molecular flexibility index (Phi) is 3.27. The molecule has 21 heavy (non-hydrogen) atoms. The van der Waals surface area contributed by atoms with Gasteiger partial charge < -0.3 is 14.2 Å². The molecule has 1 atom stereocenters. The highest BCUT2D eigenvalue weighted by atomic mass is 16.6. The molecule has 110 valence electrons. The molecule has 2 aromatic rings. The van der Waals surface area contributed by atoms with Crippen molar-refractivity contribution >= 4 is 0 Å². The van der Waals surface area contributed by atoms with E-state index in [1.807, 2.05) is 35.3 Å². The summed E-state index contributed by atoms with van der Waals surface area (Å²) >= 11 is 0. The second-order valence-corrected chi connectivity index (χ2v) is 5.39. The third-order valence-electron chi connectivity index (χ3n) is 3.93. The van der Waals surface area contributed by atoms with Gasteiger partial charge in [-0.1, -0.05) is 6.07 Å². The number of nitrogens with zero attached hydrogens (tertiary/aromatic N) is 2. The molecule has 3 heterocycles. The van der Waals surface area contributed by atoms with E-state index in [1.165, 1.54) is 6.42 Å². The van der Waals surface area contributed by atoms with Crippen LogP contribution < -0.4 is 9.47 Å². The van der Waals surface area contributed by atoms with E-state index in [9.17, 15) is 0 Å². The second kappa shape index (κ2) is 5.41. The summed E-state index contributed by atoms with van der Waals surface area (Å²) in [6.45, 7) is 2.04. The zero-order chi connectivity index (χ0) is 14.1. The molecule has 0 amide bonds. The normalized spacial score (nSPS) is 21.2. The van der Waals surface area contributed by atoms with Gasteiger partial charge in [-0.3, -0.25) is 0 Å². The van der Waals surface area contributed by atoms with Gasteiger partial charge in [-0.25, -0.2) is 4.68 Å². The van der Waals surface area contributed by atoms with Crippen molar-refractivity contribution in [3.63, 3.8) is 0 Å². The molecule has 0 N–H and O–H groups in total. The Hall–Kier alpha value is -2.01. The lowest BCUT2D eigenvalue weighted by Crippen LogP contribution is -2.18. The number of aromatic nitrogens is 2. The van der Waals surface area contributed by atoms with Crippen molar-refractivity contribution < 1.29 is 14.2 Å². The monoisotopic (exact) mass is 286 g/mol. The first kappa shape index (κ1) is 12.7. The van der Waals surface area contributed by atoms with E-state index >= 15 is 0 Å². The van der Waals surface area contributed by atoms with Crippen LogP contribution in [0.3, 0.4) is 0 Å². The smallest absolute Gasteiger partial charge is 0.161 e. The zero-order valence-corrected chi connectivity index (χ0v) is 11.8. The highest BCUT2D eigenvalue weighted by molar-refractivity contribution is 5.66. The van der Waals surface area contributed by atoms with E-state index in [-0.39, 0.29) is 6.23 Å². The number of rotatable bonds is 2. The van der Waals surface area contributed by atoms with Gasteiger partial charge in [-0.05, 0) is 37.0 Å². The quantitative estimate of drug-likeness (QED) is 0.851. The predicted molar refractivity (Wildman–Crippen MR) is 77.5 cm³/mol. The van der Waals surface area contributed by atoms with Crippen LogP contribution in [0.2, 0.25) is 0 Å². The number of ether oxygens (including phenoxy) is 3. The van der Waals surface area contributed by atoms with Crippen LogP contribution >= 0.6 is 0 Å². The Balaban J connectivity index is 1.60. The molecule has 0 radical (unpaired) electrons. The molecular formula is C16H18N2O3. The SMILES string of the molecule is c1cc2c(cc1-c1cnn([C@@H]3CCCCO3)c1)OCCO2. The van der Waals surface area contributed by atoms with Crippen molar-refractivity contribution in [1.29, 1.82) is 0 Å². The van der Waals surface area contributed by atoms with Crippen molar-refractivity contribution in [2.75, 3.05) is 19.8 Å². The van der Waals surface area contributed by atoms with Gasteiger partial charge in [0.15, 0.2) is 11.5 Å². The molecule has 0 unspecified atom stereocenters. The first-order chi connectivity index (χ1) is 10.4. The van der Waals surface area contributed by atoms with E-state index < -0.39 is 0 Å². The summed E-state index contributed by atoms with van der Waals surface area (Å²) < 4.78 is 18.9. The molecule has 5 nitrogen and oxygen atoms in total.